The van der Waals surface area contributed by atoms with Crippen LogP contribution >= 0.6 is 0 Å². The maximum absolute atomic E-state index is 6.41. The molecule has 212 valence electrons. The van der Waals surface area contributed by atoms with Crippen molar-refractivity contribution < 1.29 is 14.0 Å². The number of quaternary nitrogens is 1. The first kappa shape index (κ1) is 34.9. The van der Waals surface area contributed by atoms with Crippen molar-refractivity contribution >= 4 is 0 Å². The van der Waals surface area contributed by atoms with Crippen LogP contribution in [0, 0.1) is 0 Å². The van der Waals surface area contributed by atoms with Gasteiger partial charge in [-0.05, 0) is 19.8 Å². The van der Waals surface area contributed by atoms with E-state index >= 15 is 0 Å². The zero-order valence-electron chi connectivity index (χ0n) is 25.4. The molecule has 0 saturated carbocycles. The largest absolute Gasteiger partial charge is 0.376 e. The molecule has 0 N–H and O–H groups in total. The molecule has 0 aromatic carbocycles. The van der Waals surface area contributed by atoms with Crippen LogP contribution in [-0.2, 0) is 9.47 Å². The average molecular weight is 499 g/mol. The van der Waals surface area contributed by atoms with E-state index in [9.17, 15) is 0 Å². The van der Waals surface area contributed by atoms with Crippen LogP contribution in [0.4, 0.5) is 0 Å². The number of nitrogens with zero attached hydrogens (tertiary/aromatic N) is 1. The zero-order valence-corrected chi connectivity index (χ0v) is 25.4. The summed E-state index contributed by atoms with van der Waals surface area (Å²) in [5, 5.41) is 0. The molecule has 0 aliphatic rings. The molecule has 0 aromatic rings. The quantitative estimate of drug-likeness (QED) is 0.0789. The molecule has 0 fully saturated rings. The molecule has 0 saturated heterocycles. The Morgan fingerprint density at radius 3 is 1.34 bits per heavy atom. The van der Waals surface area contributed by atoms with Gasteiger partial charge in [-0.15, -0.1) is 0 Å². The van der Waals surface area contributed by atoms with Crippen molar-refractivity contribution in [3.63, 3.8) is 0 Å². The van der Waals surface area contributed by atoms with Crippen LogP contribution < -0.4 is 0 Å². The smallest absolute Gasteiger partial charge is 0.0833 e. The van der Waals surface area contributed by atoms with Gasteiger partial charge in [0.2, 0.25) is 0 Å². The van der Waals surface area contributed by atoms with Crippen LogP contribution in [0.2, 0.25) is 0 Å². The Balaban J connectivity index is 4.06. The lowest BCUT2D eigenvalue weighted by Crippen LogP contribution is -2.36. The first-order chi connectivity index (χ1) is 16.9. The van der Waals surface area contributed by atoms with E-state index in [1.165, 1.54) is 122 Å². The van der Waals surface area contributed by atoms with Crippen molar-refractivity contribution in [2.24, 2.45) is 0 Å². The molecule has 0 amide bonds. The Morgan fingerprint density at radius 1 is 0.486 bits per heavy atom. The lowest BCUT2D eigenvalue weighted by molar-refractivity contribution is -0.870. The fourth-order valence-corrected chi connectivity index (χ4v) is 4.85. The second kappa shape index (κ2) is 25.5. The Labute approximate surface area is 222 Å². The lowest BCUT2D eigenvalue weighted by atomic mass is 10.0. The topological polar surface area (TPSA) is 18.5 Å². The normalized spacial score (nSPS) is 13.9. The van der Waals surface area contributed by atoms with Gasteiger partial charge in [-0.25, -0.2) is 0 Å². The highest BCUT2D eigenvalue weighted by molar-refractivity contribution is 4.67. The molecule has 3 heteroatoms. The molecule has 0 aliphatic carbocycles. The summed E-state index contributed by atoms with van der Waals surface area (Å²) in [5.74, 6) is 0. The summed E-state index contributed by atoms with van der Waals surface area (Å²) in [4.78, 5) is 0. The van der Waals surface area contributed by atoms with E-state index in [4.69, 9.17) is 9.47 Å². The second-order valence-corrected chi connectivity index (χ2v) is 12.2. The van der Waals surface area contributed by atoms with E-state index in [1.54, 1.807) is 0 Å². The Morgan fingerprint density at radius 2 is 0.886 bits per heavy atom. The number of ether oxygens (including phenoxy) is 2. The third-order valence-electron chi connectivity index (χ3n) is 7.30. The minimum Gasteiger partial charge on any atom is -0.376 e. The van der Waals surface area contributed by atoms with E-state index in [1.807, 2.05) is 0 Å². The van der Waals surface area contributed by atoms with Crippen LogP contribution in [0.1, 0.15) is 156 Å². The van der Waals surface area contributed by atoms with E-state index in [0.29, 0.717) is 0 Å². The third kappa shape index (κ3) is 26.7. The van der Waals surface area contributed by atoms with E-state index in [0.717, 1.165) is 37.1 Å². The molecule has 0 radical (unpaired) electrons. The summed E-state index contributed by atoms with van der Waals surface area (Å²) in [6.45, 7) is 9.75. The summed E-state index contributed by atoms with van der Waals surface area (Å²) in [5.41, 5.74) is 0. The molecule has 0 aliphatic heterocycles. The minimum atomic E-state index is 0.208. The molecule has 0 rings (SSSR count). The second-order valence-electron chi connectivity index (χ2n) is 12.2. The molecule has 3 nitrogen and oxygen atoms in total. The van der Waals surface area contributed by atoms with Gasteiger partial charge in [-0.2, -0.15) is 0 Å². The van der Waals surface area contributed by atoms with Gasteiger partial charge in [-0.1, -0.05) is 129 Å². The van der Waals surface area contributed by atoms with Crippen molar-refractivity contribution in [2.45, 2.75) is 168 Å². The summed E-state index contributed by atoms with van der Waals surface area (Å²) in [7, 11) is 6.77. The van der Waals surface area contributed by atoms with Crippen LogP contribution in [0.3, 0.4) is 0 Å². The highest BCUT2D eigenvalue weighted by atomic mass is 16.5. The van der Waals surface area contributed by atoms with Gasteiger partial charge in [0.15, 0.2) is 0 Å². The standard InChI is InChI=1S/C32H68NO2/c1-7-9-11-13-15-17-18-19-20-22-24-27-32(31(3)34-30-26-28-33(4,5)6)35-29-25-23-21-16-14-12-10-8-2/h31-32H,7-30H2,1-6H3/q+1/t31?,32-/m0/s1. The summed E-state index contributed by atoms with van der Waals surface area (Å²) >= 11 is 0. The average Bonchev–Trinajstić information content (AvgIpc) is 2.82. The van der Waals surface area contributed by atoms with Gasteiger partial charge >= 0.3 is 0 Å². The summed E-state index contributed by atoms with van der Waals surface area (Å²) < 4.78 is 13.7. The molecule has 35 heavy (non-hydrogen) atoms. The van der Waals surface area contributed by atoms with Crippen molar-refractivity contribution in [1.29, 1.82) is 0 Å². The number of unbranched alkanes of at least 4 members (excludes halogenated alkanes) is 17. The highest BCUT2D eigenvalue weighted by Crippen LogP contribution is 2.17. The summed E-state index contributed by atoms with van der Waals surface area (Å²) in [6, 6.07) is 0. The fraction of sp³-hybridized carbons (Fsp3) is 1.00. The number of hydrogen-bond acceptors (Lipinski definition) is 2. The molecule has 2 atom stereocenters. The fourth-order valence-electron chi connectivity index (χ4n) is 4.85. The van der Waals surface area contributed by atoms with Crippen molar-refractivity contribution in [3.8, 4) is 0 Å². The Hall–Kier alpha value is -0.120. The van der Waals surface area contributed by atoms with Crippen LogP contribution in [-0.4, -0.2) is 57.6 Å². The van der Waals surface area contributed by atoms with E-state index < -0.39 is 0 Å². The van der Waals surface area contributed by atoms with Gasteiger partial charge in [0, 0.05) is 13.0 Å². The molecular formula is C32H68NO2+. The lowest BCUT2D eigenvalue weighted by Gasteiger charge is -2.27. The van der Waals surface area contributed by atoms with E-state index in [2.05, 4.69) is 41.9 Å². The number of hydrogen-bond donors (Lipinski definition) is 0. The highest BCUT2D eigenvalue weighted by Gasteiger charge is 2.19. The summed E-state index contributed by atoms with van der Waals surface area (Å²) in [6.07, 6.45) is 29.0. The Bertz CT molecular complexity index is 407. The Kier molecular flexibility index (Phi) is 25.4. The minimum absolute atomic E-state index is 0.208. The SMILES string of the molecule is CCCCCCCCCCCCC[C@H](OCCCCCCCCCC)C(C)OCCC[N+](C)(C)C. The van der Waals surface area contributed by atoms with Gasteiger partial charge in [0.05, 0.1) is 46.5 Å². The van der Waals surface area contributed by atoms with Crippen LogP contribution in [0.15, 0.2) is 0 Å². The number of rotatable bonds is 28. The van der Waals surface area contributed by atoms with E-state index in [-0.39, 0.29) is 12.2 Å². The molecule has 1 unspecified atom stereocenters. The first-order valence-electron chi connectivity index (χ1n) is 15.9. The first-order valence-corrected chi connectivity index (χ1v) is 15.9. The molecule has 0 heterocycles. The molecule has 0 bridgehead atoms. The van der Waals surface area contributed by atoms with Crippen LogP contribution in [0.25, 0.3) is 0 Å². The zero-order chi connectivity index (χ0) is 26.0. The molecule has 0 aromatic heterocycles. The maximum atomic E-state index is 6.41. The van der Waals surface area contributed by atoms with Gasteiger partial charge in [0.1, 0.15) is 0 Å². The van der Waals surface area contributed by atoms with Crippen molar-refractivity contribution in [2.75, 3.05) is 40.9 Å². The van der Waals surface area contributed by atoms with Gasteiger partial charge < -0.3 is 14.0 Å². The van der Waals surface area contributed by atoms with Crippen molar-refractivity contribution in [1.82, 2.24) is 0 Å². The maximum Gasteiger partial charge on any atom is 0.0833 e. The predicted octanol–water partition coefficient (Wildman–Crippen LogP) is 9.71. The molecular weight excluding hydrogens is 430 g/mol. The third-order valence-corrected chi connectivity index (χ3v) is 7.30. The monoisotopic (exact) mass is 499 g/mol. The van der Waals surface area contributed by atoms with Gasteiger partial charge in [0.25, 0.3) is 0 Å². The predicted molar refractivity (Wildman–Crippen MR) is 156 cm³/mol. The van der Waals surface area contributed by atoms with Gasteiger partial charge in [-0.3, -0.25) is 0 Å². The van der Waals surface area contributed by atoms with Crippen LogP contribution in [0.5, 0.6) is 0 Å². The molecule has 0 spiro atoms. The van der Waals surface area contributed by atoms with Crippen molar-refractivity contribution in [3.05, 3.63) is 0 Å².